The van der Waals surface area contributed by atoms with Gasteiger partial charge < -0.3 is 10.6 Å². The van der Waals surface area contributed by atoms with Crippen LogP contribution >= 0.6 is 28.3 Å². The first-order valence-electron chi connectivity index (χ1n) is 8.04. The average molecular weight is 409 g/mol. The number of hydrogen-bond donors (Lipinski definition) is 2. The lowest BCUT2D eigenvalue weighted by Gasteiger charge is -2.35. The number of halogens is 1. The molecule has 0 radical (unpaired) electrons. The van der Waals surface area contributed by atoms with E-state index in [0.717, 1.165) is 32.0 Å². The van der Waals surface area contributed by atoms with Crippen LogP contribution in [0.1, 0.15) is 22.0 Å². The van der Waals surface area contributed by atoms with E-state index in [1.807, 2.05) is 18.4 Å². The van der Waals surface area contributed by atoms with Gasteiger partial charge in [0.1, 0.15) is 0 Å². The van der Waals surface area contributed by atoms with Gasteiger partial charge in [-0.3, -0.25) is 9.89 Å². The maximum Gasteiger partial charge on any atom is 0.190 e. The van der Waals surface area contributed by atoms with Crippen molar-refractivity contribution in [3.05, 3.63) is 57.8 Å². The van der Waals surface area contributed by atoms with E-state index in [4.69, 9.17) is 0 Å². The number of nitrogens with one attached hydrogen (secondary N) is 2. The van der Waals surface area contributed by atoms with Gasteiger partial charge in [-0.25, -0.2) is 0 Å². The van der Waals surface area contributed by atoms with Crippen molar-refractivity contribution in [2.45, 2.75) is 19.0 Å². The molecule has 2 aromatic rings. The SMILES string of the molecule is Br.CN=C(NC)NCC(c1ccccc1)N1CCc2sccc2C1. The highest BCUT2D eigenvalue weighted by Gasteiger charge is 2.25. The highest BCUT2D eigenvalue weighted by molar-refractivity contribution is 8.93. The Morgan fingerprint density at radius 2 is 2.08 bits per heavy atom. The average Bonchev–Trinajstić information content (AvgIpc) is 3.07. The normalized spacial score (nSPS) is 16.0. The predicted molar refractivity (Wildman–Crippen MR) is 108 cm³/mol. The number of benzene rings is 1. The largest absolute Gasteiger partial charge is 0.359 e. The minimum Gasteiger partial charge on any atom is -0.359 e. The zero-order chi connectivity index (χ0) is 16.1. The first kappa shape index (κ1) is 19.0. The second kappa shape index (κ2) is 9.20. The van der Waals surface area contributed by atoms with E-state index >= 15 is 0 Å². The Kier molecular flexibility index (Phi) is 7.27. The van der Waals surface area contributed by atoms with E-state index in [0.29, 0.717) is 6.04 Å². The Bertz CT molecular complexity index is 656. The van der Waals surface area contributed by atoms with Crippen LogP contribution in [0.25, 0.3) is 0 Å². The molecule has 6 heteroatoms. The molecule has 1 atom stereocenters. The van der Waals surface area contributed by atoms with Crippen molar-refractivity contribution in [2.24, 2.45) is 4.99 Å². The molecule has 4 nitrogen and oxygen atoms in total. The molecule has 1 unspecified atom stereocenters. The smallest absolute Gasteiger partial charge is 0.190 e. The lowest BCUT2D eigenvalue weighted by atomic mass is 10.0. The van der Waals surface area contributed by atoms with Crippen LogP contribution in [-0.2, 0) is 13.0 Å². The fourth-order valence-electron chi connectivity index (χ4n) is 3.14. The minimum atomic E-state index is 0. The molecule has 24 heavy (non-hydrogen) atoms. The van der Waals surface area contributed by atoms with E-state index in [-0.39, 0.29) is 17.0 Å². The first-order valence-corrected chi connectivity index (χ1v) is 8.92. The topological polar surface area (TPSA) is 39.7 Å². The van der Waals surface area contributed by atoms with Gasteiger partial charge in [0.05, 0.1) is 6.04 Å². The van der Waals surface area contributed by atoms with Crippen molar-refractivity contribution in [3.8, 4) is 0 Å². The van der Waals surface area contributed by atoms with E-state index < -0.39 is 0 Å². The number of nitrogens with zero attached hydrogens (tertiary/aromatic N) is 2. The van der Waals surface area contributed by atoms with Crippen LogP contribution < -0.4 is 10.6 Å². The molecule has 130 valence electrons. The van der Waals surface area contributed by atoms with Gasteiger partial charge in [0.25, 0.3) is 0 Å². The van der Waals surface area contributed by atoms with Gasteiger partial charge in [-0.15, -0.1) is 28.3 Å². The standard InChI is InChI=1S/C18H24N4S.BrH/c1-19-18(20-2)21-12-16(14-6-4-3-5-7-14)22-10-8-17-15(13-22)9-11-23-17;/h3-7,9,11,16H,8,10,12-13H2,1-2H3,(H2,19,20,21);1H. The number of aliphatic imine (C=N–C) groups is 1. The second-order valence-electron chi connectivity index (χ2n) is 5.72. The molecule has 0 saturated heterocycles. The molecule has 1 aliphatic rings. The third-order valence-electron chi connectivity index (χ3n) is 4.39. The Morgan fingerprint density at radius 1 is 1.29 bits per heavy atom. The molecule has 1 aromatic carbocycles. The molecule has 0 amide bonds. The first-order chi connectivity index (χ1) is 11.3. The van der Waals surface area contributed by atoms with Crippen molar-refractivity contribution >= 4 is 34.3 Å². The van der Waals surface area contributed by atoms with Gasteiger partial charge >= 0.3 is 0 Å². The zero-order valence-electron chi connectivity index (χ0n) is 14.2. The number of guanidine groups is 1. The lowest BCUT2D eigenvalue weighted by Crippen LogP contribution is -2.43. The van der Waals surface area contributed by atoms with E-state index in [1.54, 1.807) is 11.9 Å². The summed E-state index contributed by atoms with van der Waals surface area (Å²) in [7, 11) is 3.69. The van der Waals surface area contributed by atoms with Crippen LogP contribution in [0.2, 0.25) is 0 Å². The molecule has 1 aromatic heterocycles. The van der Waals surface area contributed by atoms with Crippen LogP contribution in [0.5, 0.6) is 0 Å². The van der Waals surface area contributed by atoms with Gasteiger partial charge in [0.2, 0.25) is 0 Å². The molecule has 0 fully saturated rings. The van der Waals surface area contributed by atoms with Gasteiger partial charge in [-0.05, 0) is 29.0 Å². The maximum atomic E-state index is 4.22. The third kappa shape index (κ3) is 4.37. The van der Waals surface area contributed by atoms with Gasteiger partial charge in [0, 0.05) is 38.6 Å². The van der Waals surface area contributed by atoms with E-state index in [9.17, 15) is 0 Å². The van der Waals surface area contributed by atoms with Gasteiger partial charge in [0.15, 0.2) is 5.96 Å². The molecule has 1 aliphatic heterocycles. The molecule has 3 rings (SSSR count). The number of rotatable bonds is 4. The molecule has 2 N–H and O–H groups in total. The van der Waals surface area contributed by atoms with Crippen LogP contribution in [0.4, 0.5) is 0 Å². The van der Waals surface area contributed by atoms with E-state index in [2.05, 4.69) is 62.3 Å². The summed E-state index contributed by atoms with van der Waals surface area (Å²) in [5.74, 6) is 0.833. The summed E-state index contributed by atoms with van der Waals surface area (Å²) in [4.78, 5) is 8.34. The Labute approximate surface area is 158 Å². The van der Waals surface area contributed by atoms with Crippen molar-refractivity contribution in [2.75, 3.05) is 27.2 Å². The van der Waals surface area contributed by atoms with Crippen molar-refractivity contribution in [1.29, 1.82) is 0 Å². The van der Waals surface area contributed by atoms with Gasteiger partial charge in [-0.1, -0.05) is 30.3 Å². The van der Waals surface area contributed by atoms with Gasteiger partial charge in [-0.2, -0.15) is 0 Å². The summed E-state index contributed by atoms with van der Waals surface area (Å²) in [6.07, 6.45) is 1.15. The molecule has 2 heterocycles. The van der Waals surface area contributed by atoms with Crippen LogP contribution in [-0.4, -0.2) is 38.0 Å². The monoisotopic (exact) mass is 408 g/mol. The quantitative estimate of drug-likeness (QED) is 0.602. The molecular weight excluding hydrogens is 384 g/mol. The molecule has 0 spiro atoms. The minimum absolute atomic E-state index is 0. The molecule has 0 saturated carbocycles. The Morgan fingerprint density at radius 3 is 2.79 bits per heavy atom. The summed E-state index contributed by atoms with van der Waals surface area (Å²) in [5.41, 5.74) is 2.84. The predicted octanol–water partition coefficient (Wildman–Crippen LogP) is 3.22. The molecule has 0 aliphatic carbocycles. The van der Waals surface area contributed by atoms with Crippen LogP contribution in [0, 0.1) is 0 Å². The highest BCUT2D eigenvalue weighted by Crippen LogP contribution is 2.30. The lowest BCUT2D eigenvalue weighted by molar-refractivity contribution is 0.181. The molecular formula is C18H25BrN4S. The zero-order valence-corrected chi connectivity index (χ0v) is 16.7. The van der Waals surface area contributed by atoms with Crippen molar-refractivity contribution < 1.29 is 0 Å². The molecule has 0 bridgehead atoms. The summed E-state index contributed by atoms with van der Waals surface area (Å²) < 4.78 is 0. The second-order valence-corrected chi connectivity index (χ2v) is 6.72. The fourth-order valence-corrected chi connectivity index (χ4v) is 4.03. The highest BCUT2D eigenvalue weighted by atomic mass is 79.9. The Balaban J connectivity index is 0.00000208. The summed E-state index contributed by atoms with van der Waals surface area (Å²) >= 11 is 1.89. The number of hydrogen-bond acceptors (Lipinski definition) is 3. The van der Waals surface area contributed by atoms with Crippen LogP contribution in [0.3, 0.4) is 0 Å². The number of thiophene rings is 1. The third-order valence-corrected chi connectivity index (χ3v) is 5.41. The Hall–Kier alpha value is -1.37. The summed E-state index contributed by atoms with van der Waals surface area (Å²) in [6, 6.07) is 13.4. The van der Waals surface area contributed by atoms with Crippen LogP contribution in [0.15, 0.2) is 46.8 Å². The van der Waals surface area contributed by atoms with Crippen molar-refractivity contribution in [1.82, 2.24) is 15.5 Å². The van der Waals surface area contributed by atoms with E-state index in [1.165, 1.54) is 11.1 Å². The summed E-state index contributed by atoms with van der Waals surface area (Å²) in [6.45, 7) is 2.97. The fraction of sp³-hybridized carbons (Fsp3) is 0.389. The maximum absolute atomic E-state index is 4.22. The van der Waals surface area contributed by atoms with Crippen molar-refractivity contribution in [3.63, 3.8) is 0 Å². The summed E-state index contributed by atoms with van der Waals surface area (Å²) in [5, 5.41) is 8.74. The number of fused-ring (bicyclic) bond motifs is 1.